The first kappa shape index (κ1) is 9.77. The number of hydrogen-bond acceptors (Lipinski definition) is 4. The number of fused-ring (bicyclic) bond motifs is 1. The third kappa shape index (κ3) is 1.61. The quantitative estimate of drug-likeness (QED) is 0.684. The molecular formula is C12H11N5. The van der Waals surface area contributed by atoms with E-state index in [9.17, 15) is 0 Å². The standard InChI is InChI=1S/C12H11N5/c1-8-14-12-11(13)15-10(7-17(12)16-8)9-5-3-2-4-6-9/h2-7H,1H3,(H2,13,15). The van der Waals surface area contributed by atoms with E-state index in [0.29, 0.717) is 17.3 Å². The Hall–Kier alpha value is -2.43. The van der Waals surface area contributed by atoms with Gasteiger partial charge in [0.05, 0.1) is 11.9 Å². The lowest BCUT2D eigenvalue weighted by molar-refractivity contribution is 0.924. The predicted octanol–water partition coefficient (Wildman–Crippen LogP) is 1.68. The number of aromatic nitrogens is 4. The molecule has 3 aromatic rings. The summed E-state index contributed by atoms with van der Waals surface area (Å²) in [5, 5.41) is 4.25. The van der Waals surface area contributed by atoms with Crippen LogP contribution >= 0.6 is 0 Å². The van der Waals surface area contributed by atoms with Crippen LogP contribution < -0.4 is 5.73 Å². The molecule has 0 atom stereocenters. The number of rotatable bonds is 1. The molecule has 0 radical (unpaired) electrons. The molecule has 2 aromatic heterocycles. The fourth-order valence-electron chi connectivity index (χ4n) is 1.77. The van der Waals surface area contributed by atoms with Gasteiger partial charge in [-0.15, -0.1) is 0 Å². The SMILES string of the molecule is Cc1nc2c(N)nc(-c3ccccc3)cn2n1. The summed E-state index contributed by atoms with van der Waals surface area (Å²) in [6, 6.07) is 9.85. The molecule has 5 nitrogen and oxygen atoms in total. The fraction of sp³-hybridized carbons (Fsp3) is 0.0833. The molecular weight excluding hydrogens is 214 g/mol. The number of nitrogen functional groups attached to an aromatic ring is 1. The molecule has 1 aromatic carbocycles. The molecule has 2 heterocycles. The Morgan fingerprint density at radius 3 is 2.65 bits per heavy atom. The van der Waals surface area contributed by atoms with Crippen LogP contribution in [0.2, 0.25) is 0 Å². The largest absolute Gasteiger partial charge is 0.381 e. The monoisotopic (exact) mass is 225 g/mol. The van der Waals surface area contributed by atoms with Gasteiger partial charge in [0.1, 0.15) is 5.82 Å². The van der Waals surface area contributed by atoms with E-state index in [4.69, 9.17) is 5.73 Å². The van der Waals surface area contributed by atoms with E-state index in [1.165, 1.54) is 0 Å². The molecule has 0 aliphatic rings. The third-order valence-electron chi connectivity index (χ3n) is 2.52. The van der Waals surface area contributed by atoms with Gasteiger partial charge < -0.3 is 5.73 Å². The van der Waals surface area contributed by atoms with Gasteiger partial charge in [-0.2, -0.15) is 5.10 Å². The smallest absolute Gasteiger partial charge is 0.198 e. The minimum atomic E-state index is 0.395. The van der Waals surface area contributed by atoms with Crippen LogP contribution in [0.3, 0.4) is 0 Å². The lowest BCUT2D eigenvalue weighted by Gasteiger charge is -2.02. The maximum absolute atomic E-state index is 5.87. The normalized spacial score (nSPS) is 10.9. The van der Waals surface area contributed by atoms with E-state index in [1.807, 2.05) is 43.5 Å². The van der Waals surface area contributed by atoms with Crippen LogP contribution in [-0.4, -0.2) is 19.6 Å². The molecule has 84 valence electrons. The molecule has 0 bridgehead atoms. The van der Waals surface area contributed by atoms with E-state index < -0.39 is 0 Å². The molecule has 5 heteroatoms. The summed E-state index contributed by atoms with van der Waals surface area (Å²) in [6.45, 7) is 1.83. The summed E-state index contributed by atoms with van der Waals surface area (Å²) < 4.78 is 1.67. The Labute approximate surface area is 97.9 Å². The second kappa shape index (κ2) is 3.55. The van der Waals surface area contributed by atoms with E-state index in [2.05, 4.69) is 15.1 Å². The Morgan fingerprint density at radius 2 is 1.88 bits per heavy atom. The van der Waals surface area contributed by atoms with Crippen LogP contribution in [0.4, 0.5) is 5.82 Å². The van der Waals surface area contributed by atoms with E-state index in [-0.39, 0.29) is 0 Å². The summed E-state index contributed by atoms with van der Waals surface area (Å²) in [5.41, 5.74) is 8.27. The first-order chi connectivity index (χ1) is 8.24. The highest BCUT2D eigenvalue weighted by molar-refractivity contribution is 5.66. The summed E-state index contributed by atoms with van der Waals surface area (Å²) in [6.07, 6.45) is 1.83. The minimum Gasteiger partial charge on any atom is -0.381 e. The summed E-state index contributed by atoms with van der Waals surface area (Å²) in [4.78, 5) is 8.55. The molecule has 0 fully saturated rings. The van der Waals surface area contributed by atoms with Crippen molar-refractivity contribution >= 4 is 11.5 Å². The Balaban J connectivity index is 2.25. The highest BCUT2D eigenvalue weighted by atomic mass is 15.3. The van der Waals surface area contributed by atoms with Gasteiger partial charge in [0.2, 0.25) is 0 Å². The van der Waals surface area contributed by atoms with Gasteiger partial charge in [0.25, 0.3) is 0 Å². The molecule has 17 heavy (non-hydrogen) atoms. The molecule has 0 saturated heterocycles. The molecule has 0 aliphatic heterocycles. The molecule has 0 saturated carbocycles. The van der Waals surface area contributed by atoms with Crippen molar-refractivity contribution in [3.63, 3.8) is 0 Å². The van der Waals surface area contributed by atoms with Crippen molar-refractivity contribution in [2.24, 2.45) is 0 Å². The minimum absolute atomic E-state index is 0.395. The average Bonchev–Trinajstić information content (AvgIpc) is 2.71. The number of anilines is 1. The molecule has 0 amide bonds. The molecule has 0 unspecified atom stereocenters. The summed E-state index contributed by atoms with van der Waals surface area (Å²) in [5.74, 6) is 1.08. The van der Waals surface area contributed by atoms with Crippen molar-refractivity contribution in [1.29, 1.82) is 0 Å². The van der Waals surface area contributed by atoms with Crippen molar-refractivity contribution in [3.05, 3.63) is 42.4 Å². The first-order valence-corrected chi connectivity index (χ1v) is 5.29. The van der Waals surface area contributed by atoms with Gasteiger partial charge in [0, 0.05) is 5.56 Å². The highest BCUT2D eigenvalue weighted by Gasteiger charge is 2.08. The maximum atomic E-state index is 5.87. The zero-order valence-electron chi connectivity index (χ0n) is 9.33. The van der Waals surface area contributed by atoms with E-state index in [0.717, 1.165) is 11.3 Å². The maximum Gasteiger partial charge on any atom is 0.198 e. The second-order valence-corrected chi connectivity index (χ2v) is 3.80. The number of aryl methyl sites for hydroxylation is 1. The zero-order valence-corrected chi connectivity index (χ0v) is 9.33. The molecule has 0 spiro atoms. The van der Waals surface area contributed by atoms with Crippen molar-refractivity contribution in [2.75, 3.05) is 5.73 Å². The van der Waals surface area contributed by atoms with Crippen molar-refractivity contribution in [3.8, 4) is 11.3 Å². The number of hydrogen-bond donors (Lipinski definition) is 1. The summed E-state index contributed by atoms with van der Waals surface area (Å²) in [7, 11) is 0. The number of benzene rings is 1. The average molecular weight is 225 g/mol. The lowest BCUT2D eigenvalue weighted by atomic mass is 10.2. The Bertz CT molecular complexity index is 672. The second-order valence-electron chi connectivity index (χ2n) is 3.80. The topological polar surface area (TPSA) is 69.1 Å². The van der Waals surface area contributed by atoms with Gasteiger partial charge >= 0.3 is 0 Å². The van der Waals surface area contributed by atoms with Gasteiger partial charge in [-0.05, 0) is 6.92 Å². The van der Waals surface area contributed by atoms with Crippen molar-refractivity contribution in [1.82, 2.24) is 19.6 Å². The van der Waals surface area contributed by atoms with Gasteiger partial charge in [0.15, 0.2) is 11.5 Å². The van der Waals surface area contributed by atoms with Crippen LogP contribution in [0.1, 0.15) is 5.82 Å². The molecule has 2 N–H and O–H groups in total. The number of nitrogens with two attached hydrogens (primary N) is 1. The highest BCUT2D eigenvalue weighted by Crippen LogP contribution is 2.19. The zero-order chi connectivity index (χ0) is 11.8. The third-order valence-corrected chi connectivity index (χ3v) is 2.52. The fourth-order valence-corrected chi connectivity index (χ4v) is 1.77. The first-order valence-electron chi connectivity index (χ1n) is 5.29. The molecule has 3 rings (SSSR count). The number of nitrogens with zero attached hydrogens (tertiary/aromatic N) is 4. The lowest BCUT2D eigenvalue weighted by Crippen LogP contribution is -1.99. The Morgan fingerprint density at radius 1 is 1.12 bits per heavy atom. The van der Waals surface area contributed by atoms with E-state index in [1.54, 1.807) is 4.52 Å². The van der Waals surface area contributed by atoms with Crippen LogP contribution in [0.5, 0.6) is 0 Å². The van der Waals surface area contributed by atoms with Gasteiger partial charge in [-0.1, -0.05) is 30.3 Å². The Kier molecular flexibility index (Phi) is 2.04. The van der Waals surface area contributed by atoms with Gasteiger partial charge in [-0.3, -0.25) is 0 Å². The van der Waals surface area contributed by atoms with Crippen LogP contribution in [0.25, 0.3) is 16.9 Å². The van der Waals surface area contributed by atoms with Crippen molar-refractivity contribution in [2.45, 2.75) is 6.92 Å². The predicted molar refractivity (Wildman–Crippen MR) is 65.4 cm³/mol. The summed E-state index contributed by atoms with van der Waals surface area (Å²) >= 11 is 0. The van der Waals surface area contributed by atoms with Crippen LogP contribution in [0.15, 0.2) is 36.5 Å². The van der Waals surface area contributed by atoms with Crippen molar-refractivity contribution < 1.29 is 0 Å². The van der Waals surface area contributed by atoms with Crippen LogP contribution in [-0.2, 0) is 0 Å². The van der Waals surface area contributed by atoms with Crippen LogP contribution in [0, 0.1) is 6.92 Å². The van der Waals surface area contributed by atoms with E-state index >= 15 is 0 Å². The van der Waals surface area contributed by atoms with Gasteiger partial charge in [-0.25, -0.2) is 14.5 Å². The molecule has 0 aliphatic carbocycles.